The molecule has 0 fully saturated rings. The second-order valence-corrected chi connectivity index (χ2v) is 17.8. The molecule has 0 rings (SSSR count). The van der Waals surface area contributed by atoms with Gasteiger partial charge in [0, 0.05) is 12.8 Å². The van der Waals surface area contributed by atoms with Crippen LogP contribution < -0.4 is 5.32 Å². The molecule has 0 aliphatic heterocycles. The first-order valence-electron chi connectivity index (χ1n) is 26.3. The summed E-state index contributed by atoms with van der Waals surface area (Å²) in [5.74, 6) is -0.0822. The molecule has 0 aliphatic carbocycles. The molecule has 352 valence electrons. The lowest BCUT2D eigenvalue weighted by atomic mass is 10.0. The van der Waals surface area contributed by atoms with Crippen LogP contribution in [0.1, 0.15) is 271 Å². The Morgan fingerprint density at radius 2 is 0.800 bits per heavy atom. The van der Waals surface area contributed by atoms with Crippen molar-refractivity contribution in [1.29, 1.82) is 0 Å². The first-order valence-corrected chi connectivity index (χ1v) is 26.3. The molecule has 60 heavy (non-hydrogen) atoms. The van der Waals surface area contributed by atoms with Gasteiger partial charge in [-0.2, -0.15) is 0 Å². The Labute approximate surface area is 373 Å². The Balaban J connectivity index is 3.45. The lowest BCUT2D eigenvalue weighted by Gasteiger charge is -2.20. The molecule has 0 heterocycles. The highest BCUT2D eigenvalue weighted by Crippen LogP contribution is 2.15. The summed E-state index contributed by atoms with van der Waals surface area (Å²) < 4.78 is 5.44. The van der Waals surface area contributed by atoms with Gasteiger partial charge in [-0.3, -0.25) is 9.59 Å². The molecule has 0 aromatic carbocycles. The third kappa shape index (κ3) is 45.6. The minimum Gasteiger partial charge on any atom is -0.466 e. The van der Waals surface area contributed by atoms with Gasteiger partial charge in [-0.15, -0.1) is 0 Å². The van der Waals surface area contributed by atoms with Gasteiger partial charge in [0.2, 0.25) is 5.91 Å². The number of unbranched alkanes of at least 4 members (excludes halogenated alkanes) is 33. The van der Waals surface area contributed by atoms with Gasteiger partial charge < -0.3 is 20.3 Å². The van der Waals surface area contributed by atoms with E-state index < -0.39 is 12.1 Å². The van der Waals surface area contributed by atoms with Crippen LogP contribution in [0.2, 0.25) is 0 Å². The number of carbonyl (C=O) groups excluding carboxylic acids is 2. The van der Waals surface area contributed by atoms with Crippen molar-refractivity contribution in [3.63, 3.8) is 0 Å². The Morgan fingerprint density at radius 1 is 0.450 bits per heavy atom. The summed E-state index contributed by atoms with van der Waals surface area (Å²) >= 11 is 0. The van der Waals surface area contributed by atoms with Crippen LogP contribution >= 0.6 is 0 Å². The summed E-state index contributed by atoms with van der Waals surface area (Å²) in [7, 11) is 0. The average molecular weight is 844 g/mol. The molecule has 2 atom stereocenters. The number of ether oxygens (including phenoxy) is 1. The van der Waals surface area contributed by atoms with E-state index in [4.69, 9.17) is 4.74 Å². The smallest absolute Gasteiger partial charge is 0.305 e. The largest absolute Gasteiger partial charge is 0.466 e. The van der Waals surface area contributed by atoms with Gasteiger partial charge in [0.05, 0.1) is 25.4 Å². The molecule has 0 saturated heterocycles. The van der Waals surface area contributed by atoms with Crippen LogP contribution in [0, 0.1) is 0 Å². The van der Waals surface area contributed by atoms with Crippen molar-refractivity contribution in [1.82, 2.24) is 5.32 Å². The predicted molar refractivity (Wildman–Crippen MR) is 259 cm³/mol. The number of allylic oxidation sites excluding steroid dienone is 5. The second-order valence-electron chi connectivity index (χ2n) is 17.8. The zero-order valence-electron chi connectivity index (χ0n) is 39.9. The third-order valence-electron chi connectivity index (χ3n) is 11.9. The number of hydrogen-bond donors (Lipinski definition) is 3. The van der Waals surface area contributed by atoms with E-state index in [2.05, 4.69) is 43.5 Å². The van der Waals surface area contributed by atoms with Gasteiger partial charge in [-0.25, -0.2) is 0 Å². The first kappa shape index (κ1) is 58.1. The monoisotopic (exact) mass is 844 g/mol. The second kappa shape index (κ2) is 49.7. The number of nitrogens with one attached hydrogen (secondary N) is 1. The lowest BCUT2D eigenvalue weighted by Crippen LogP contribution is -2.45. The summed E-state index contributed by atoms with van der Waals surface area (Å²) in [4.78, 5) is 24.4. The van der Waals surface area contributed by atoms with Crippen molar-refractivity contribution in [2.75, 3.05) is 13.2 Å². The van der Waals surface area contributed by atoms with Gasteiger partial charge in [-0.05, 0) is 77.0 Å². The Hall–Kier alpha value is -1.92. The van der Waals surface area contributed by atoms with E-state index >= 15 is 0 Å². The Morgan fingerprint density at radius 3 is 1.23 bits per heavy atom. The van der Waals surface area contributed by atoms with Gasteiger partial charge in [0.15, 0.2) is 0 Å². The van der Waals surface area contributed by atoms with E-state index in [-0.39, 0.29) is 18.5 Å². The molecule has 0 aromatic heterocycles. The number of esters is 1. The molecule has 0 saturated carbocycles. The molecular weight excluding hydrogens is 743 g/mol. The van der Waals surface area contributed by atoms with Crippen molar-refractivity contribution < 1.29 is 24.5 Å². The van der Waals surface area contributed by atoms with Crippen molar-refractivity contribution in [2.24, 2.45) is 0 Å². The normalized spacial score (nSPS) is 12.9. The maximum atomic E-state index is 12.4. The van der Waals surface area contributed by atoms with Crippen LogP contribution in [0.25, 0.3) is 0 Å². The third-order valence-corrected chi connectivity index (χ3v) is 11.9. The Kier molecular flexibility index (Phi) is 48.1. The quantitative estimate of drug-likeness (QED) is 0.0322. The fraction of sp³-hybridized carbons (Fsp3) is 0.852. The van der Waals surface area contributed by atoms with Crippen LogP contribution in [0.3, 0.4) is 0 Å². The highest BCUT2D eigenvalue weighted by Gasteiger charge is 2.18. The maximum Gasteiger partial charge on any atom is 0.305 e. The maximum absolute atomic E-state index is 12.4. The average Bonchev–Trinajstić information content (AvgIpc) is 3.25. The van der Waals surface area contributed by atoms with Gasteiger partial charge in [0.25, 0.3) is 0 Å². The summed E-state index contributed by atoms with van der Waals surface area (Å²) in [6, 6.07) is -0.632. The topological polar surface area (TPSA) is 95.9 Å². The lowest BCUT2D eigenvalue weighted by molar-refractivity contribution is -0.143. The summed E-state index contributed by atoms with van der Waals surface area (Å²) in [5, 5.41) is 23.0. The molecule has 6 nitrogen and oxygen atoms in total. The predicted octanol–water partition coefficient (Wildman–Crippen LogP) is 15.7. The zero-order valence-corrected chi connectivity index (χ0v) is 39.9. The highest BCUT2D eigenvalue weighted by atomic mass is 16.5. The molecule has 3 N–H and O–H groups in total. The molecule has 0 aromatic rings. The van der Waals surface area contributed by atoms with Crippen LogP contribution in [-0.4, -0.2) is 47.4 Å². The molecule has 0 spiro atoms. The van der Waals surface area contributed by atoms with Gasteiger partial charge >= 0.3 is 5.97 Å². The standard InChI is InChI=1S/C54H101NO5/c1-3-5-7-9-11-13-26-30-34-38-42-46-52(57)51(50-56)55-53(58)47-43-39-35-31-28-24-22-20-18-16-15-17-19-21-23-25-29-33-37-41-45-49-60-54(59)48-44-40-36-32-27-14-12-10-8-6-4-2/h10,12,16,18,42,46,51-52,56-57H,3-9,11,13-15,17,19-41,43-45,47-50H2,1-2H3,(H,55,58)/b12-10-,18-16-,46-42+. The molecule has 0 aliphatic rings. The van der Waals surface area contributed by atoms with Gasteiger partial charge in [-0.1, -0.05) is 217 Å². The summed E-state index contributed by atoms with van der Waals surface area (Å²) in [6.07, 6.45) is 60.1. The molecular formula is C54H101NO5. The summed E-state index contributed by atoms with van der Waals surface area (Å²) in [6.45, 7) is 4.84. The van der Waals surface area contributed by atoms with Crippen LogP contribution in [-0.2, 0) is 14.3 Å². The molecule has 6 heteroatoms. The van der Waals surface area contributed by atoms with E-state index in [0.717, 1.165) is 51.4 Å². The molecule has 0 bridgehead atoms. The van der Waals surface area contributed by atoms with E-state index in [1.165, 1.54) is 193 Å². The number of rotatable bonds is 48. The van der Waals surface area contributed by atoms with Crippen molar-refractivity contribution in [3.05, 3.63) is 36.5 Å². The van der Waals surface area contributed by atoms with Gasteiger partial charge in [0.1, 0.15) is 0 Å². The van der Waals surface area contributed by atoms with Crippen molar-refractivity contribution >= 4 is 11.9 Å². The van der Waals surface area contributed by atoms with Crippen LogP contribution in [0.5, 0.6) is 0 Å². The molecule has 1 amide bonds. The number of carbonyl (C=O) groups is 2. The fourth-order valence-corrected chi connectivity index (χ4v) is 7.78. The Bertz CT molecular complexity index is 977. The fourth-order valence-electron chi connectivity index (χ4n) is 7.78. The first-order chi connectivity index (χ1) is 29.5. The summed E-state index contributed by atoms with van der Waals surface area (Å²) in [5.41, 5.74) is 0. The number of aliphatic hydroxyl groups excluding tert-OH is 2. The number of amides is 1. The van der Waals surface area contributed by atoms with Crippen molar-refractivity contribution in [2.45, 2.75) is 283 Å². The zero-order chi connectivity index (χ0) is 43.7. The minimum atomic E-state index is -0.848. The van der Waals surface area contributed by atoms with E-state index in [1.54, 1.807) is 6.08 Å². The van der Waals surface area contributed by atoms with Crippen LogP contribution in [0.15, 0.2) is 36.5 Å². The van der Waals surface area contributed by atoms with E-state index in [0.29, 0.717) is 19.4 Å². The number of hydrogen-bond acceptors (Lipinski definition) is 5. The van der Waals surface area contributed by atoms with E-state index in [1.807, 2.05) is 6.08 Å². The SMILES string of the molecule is CCCC/C=C\CCCCCCCC(=O)OCCCCCCCCCCCC/C=C\CCCCCCCCCC(=O)NC(CO)C(O)/C=C/CCCCCCCCCCC. The molecule has 2 unspecified atom stereocenters. The highest BCUT2D eigenvalue weighted by molar-refractivity contribution is 5.76. The minimum absolute atomic E-state index is 0.00431. The number of aliphatic hydroxyl groups is 2. The molecule has 0 radical (unpaired) electrons. The van der Waals surface area contributed by atoms with E-state index in [9.17, 15) is 19.8 Å². The van der Waals surface area contributed by atoms with Crippen molar-refractivity contribution in [3.8, 4) is 0 Å². The van der Waals surface area contributed by atoms with Crippen LogP contribution in [0.4, 0.5) is 0 Å².